The van der Waals surface area contributed by atoms with Crippen LogP contribution in [0.25, 0.3) is 0 Å². The molecule has 0 aliphatic heterocycles. The highest BCUT2D eigenvalue weighted by Gasteiger charge is 2.30. The van der Waals surface area contributed by atoms with Crippen molar-refractivity contribution >= 4 is 52.6 Å². The molecule has 2 N–H and O–H groups in total. The molecule has 12 heteroatoms. The van der Waals surface area contributed by atoms with Crippen molar-refractivity contribution in [2.24, 2.45) is 5.10 Å². The second-order valence-corrected chi connectivity index (χ2v) is 8.53. The summed E-state index contributed by atoms with van der Waals surface area (Å²) in [5.41, 5.74) is 2.81. The van der Waals surface area contributed by atoms with E-state index in [4.69, 9.17) is 44.3 Å². The van der Waals surface area contributed by atoms with Crippen LogP contribution in [0.3, 0.4) is 0 Å². The quantitative estimate of drug-likeness (QED) is 0.223. The average Bonchev–Trinajstić information content (AvgIpc) is 2.82. The predicted octanol–water partition coefficient (Wildman–Crippen LogP) is 6.82. The van der Waals surface area contributed by atoms with Crippen LogP contribution in [0.2, 0.25) is 15.1 Å². The van der Waals surface area contributed by atoms with E-state index in [1.807, 2.05) is 0 Å². The summed E-state index contributed by atoms with van der Waals surface area (Å²) >= 11 is 18.4. The molecule has 0 unspecified atom stereocenters. The number of carbonyl (C=O) groups excluding carboxylic acids is 1. The van der Waals surface area contributed by atoms with Crippen LogP contribution < -0.4 is 20.2 Å². The first-order valence-electron chi connectivity index (χ1n) is 10.2. The number of benzene rings is 3. The number of rotatable bonds is 9. The Morgan fingerprint density at radius 1 is 1.06 bits per heavy atom. The Balaban J connectivity index is 1.59. The van der Waals surface area contributed by atoms with Crippen LogP contribution in [0, 0.1) is 0 Å². The summed E-state index contributed by atoms with van der Waals surface area (Å²) < 4.78 is 49.5. The van der Waals surface area contributed by atoms with Crippen LogP contribution in [-0.2, 0) is 17.6 Å². The Bertz CT molecular complexity index is 1270. The molecule has 0 saturated carbocycles. The zero-order chi connectivity index (χ0) is 26.3. The highest BCUT2D eigenvalue weighted by molar-refractivity contribution is 6.35. The van der Waals surface area contributed by atoms with Gasteiger partial charge in [0.05, 0.1) is 30.5 Å². The molecular formula is C24H19Cl3F3N3O3. The molecule has 3 aromatic rings. The lowest BCUT2D eigenvalue weighted by Crippen LogP contribution is -2.26. The zero-order valence-corrected chi connectivity index (χ0v) is 20.9. The van der Waals surface area contributed by atoms with E-state index in [0.29, 0.717) is 26.9 Å². The largest absolute Gasteiger partial charge is 0.493 e. The van der Waals surface area contributed by atoms with Gasteiger partial charge in [0.2, 0.25) is 0 Å². The maximum absolute atomic E-state index is 12.8. The normalized spacial score (nSPS) is 11.4. The molecule has 190 valence electrons. The number of amides is 1. The maximum Gasteiger partial charge on any atom is 0.416 e. The van der Waals surface area contributed by atoms with Gasteiger partial charge in [0.1, 0.15) is 6.61 Å². The van der Waals surface area contributed by atoms with Crippen molar-refractivity contribution in [2.75, 3.05) is 19.0 Å². The lowest BCUT2D eigenvalue weighted by molar-refractivity contribution is -0.137. The van der Waals surface area contributed by atoms with E-state index >= 15 is 0 Å². The van der Waals surface area contributed by atoms with Gasteiger partial charge in [0, 0.05) is 21.3 Å². The summed E-state index contributed by atoms with van der Waals surface area (Å²) in [6.07, 6.45) is -3.15. The van der Waals surface area contributed by atoms with Crippen molar-refractivity contribution in [3.8, 4) is 11.5 Å². The van der Waals surface area contributed by atoms with Gasteiger partial charge in [-0.25, -0.2) is 5.43 Å². The Morgan fingerprint density at radius 3 is 2.53 bits per heavy atom. The topological polar surface area (TPSA) is 72.0 Å². The van der Waals surface area contributed by atoms with Gasteiger partial charge in [0.15, 0.2) is 11.5 Å². The van der Waals surface area contributed by atoms with Crippen molar-refractivity contribution < 1.29 is 27.4 Å². The van der Waals surface area contributed by atoms with Crippen molar-refractivity contribution in [1.82, 2.24) is 5.43 Å². The number of ether oxygens (including phenoxy) is 2. The predicted molar refractivity (Wildman–Crippen MR) is 134 cm³/mol. The summed E-state index contributed by atoms with van der Waals surface area (Å²) in [6.45, 7) is -0.169. The third kappa shape index (κ3) is 7.68. The van der Waals surface area contributed by atoms with Crippen LogP contribution in [-0.4, -0.2) is 25.8 Å². The van der Waals surface area contributed by atoms with Crippen LogP contribution in [0.1, 0.15) is 16.7 Å². The van der Waals surface area contributed by atoms with Crippen molar-refractivity contribution in [2.45, 2.75) is 12.8 Å². The molecule has 0 fully saturated rings. The molecule has 0 saturated heterocycles. The Kier molecular flexibility index (Phi) is 9.31. The van der Waals surface area contributed by atoms with E-state index in [1.54, 1.807) is 30.3 Å². The summed E-state index contributed by atoms with van der Waals surface area (Å²) in [5, 5.41) is 7.64. The van der Waals surface area contributed by atoms with Gasteiger partial charge in [-0.1, -0.05) is 46.9 Å². The molecule has 0 bridgehead atoms. The smallest absolute Gasteiger partial charge is 0.416 e. The van der Waals surface area contributed by atoms with Gasteiger partial charge in [-0.3, -0.25) is 4.79 Å². The minimum absolute atomic E-state index is 0.119. The van der Waals surface area contributed by atoms with E-state index in [0.717, 1.165) is 12.1 Å². The van der Waals surface area contributed by atoms with E-state index < -0.39 is 17.6 Å². The van der Waals surface area contributed by atoms with Crippen LogP contribution >= 0.6 is 34.8 Å². The molecule has 0 atom stereocenters. The number of methoxy groups -OCH3 is 1. The lowest BCUT2D eigenvalue weighted by Gasteiger charge is -2.14. The number of alkyl halides is 3. The molecule has 6 nitrogen and oxygen atoms in total. The summed E-state index contributed by atoms with van der Waals surface area (Å²) in [4.78, 5) is 12.0. The minimum Gasteiger partial charge on any atom is -0.493 e. The molecule has 0 aliphatic rings. The number of hydrogen-bond acceptors (Lipinski definition) is 5. The molecule has 1 amide bonds. The number of carbonyl (C=O) groups is 1. The van der Waals surface area contributed by atoms with Gasteiger partial charge < -0.3 is 14.8 Å². The molecule has 3 aromatic carbocycles. The van der Waals surface area contributed by atoms with Gasteiger partial charge in [0.25, 0.3) is 5.91 Å². The van der Waals surface area contributed by atoms with Gasteiger partial charge in [-0.05, 0) is 48.0 Å². The molecule has 0 spiro atoms. The standard InChI is InChI=1S/C24H19Cl3F3N3O3/c1-35-21-8-14(7-20(27)23(21)36-13-15-5-6-17(25)10-19(15)26)11-32-33-22(34)12-31-18-4-2-3-16(9-18)24(28,29)30/h2-11,31H,12-13H2,1H3,(H,33,34)/b32-11-. The fraction of sp³-hybridized carbons (Fsp3) is 0.167. The minimum atomic E-state index is -4.48. The molecular weight excluding hydrogens is 542 g/mol. The Labute approximate surface area is 219 Å². The third-order valence-corrected chi connectivity index (χ3v) is 5.55. The van der Waals surface area contributed by atoms with Gasteiger partial charge in [-0.15, -0.1) is 0 Å². The molecule has 0 aromatic heterocycles. The number of hydrazone groups is 1. The zero-order valence-electron chi connectivity index (χ0n) is 18.6. The SMILES string of the molecule is COc1cc(/C=N\NC(=O)CNc2cccc(C(F)(F)F)c2)cc(Cl)c1OCc1ccc(Cl)cc1Cl. The molecule has 0 heterocycles. The van der Waals surface area contributed by atoms with Crippen molar-refractivity contribution in [3.63, 3.8) is 0 Å². The van der Waals surface area contributed by atoms with Crippen LogP contribution in [0.15, 0.2) is 59.7 Å². The fourth-order valence-corrected chi connectivity index (χ4v) is 3.69. The fourth-order valence-electron chi connectivity index (χ4n) is 2.95. The summed E-state index contributed by atoms with van der Waals surface area (Å²) in [6, 6.07) is 12.7. The maximum atomic E-state index is 12.8. The Hall–Kier alpha value is -3.14. The molecule has 0 aliphatic carbocycles. The van der Waals surface area contributed by atoms with Gasteiger partial charge in [-0.2, -0.15) is 18.3 Å². The monoisotopic (exact) mass is 559 g/mol. The number of hydrogen-bond donors (Lipinski definition) is 2. The molecule has 36 heavy (non-hydrogen) atoms. The van der Waals surface area contributed by atoms with Crippen molar-refractivity contribution in [3.05, 3.63) is 86.4 Å². The highest BCUT2D eigenvalue weighted by atomic mass is 35.5. The Morgan fingerprint density at radius 2 is 1.83 bits per heavy atom. The number of nitrogens with one attached hydrogen (secondary N) is 2. The van der Waals surface area contributed by atoms with E-state index in [9.17, 15) is 18.0 Å². The second kappa shape index (κ2) is 12.2. The number of anilines is 1. The first-order valence-corrected chi connectivity index (χ1v) is 11.4. The molecule has 0 radical (unpaired) electrons. The number of halogens is 6. The van der Waals surface area contributed by atoms with Crippen LogP contribution in [0.5, 0.6) is 11.5 Å². The van der Waals surface area contributed by atoms with Crippen LogP contribution in [0.4, 0.5) is 18.9 Å². The first-order chi connectivity index (χ1) is 17.1. The second-order valence-electron chi connectivity index (χ2n) is 7.28. The molecule has 3 rings (SSSR count). The van der Waals surface area contributed by atoms with Crippen molar-refractivity contribution in [1.29, 1.82) is 0 Å². The lowest BCUT2D eigenvalue weighted by atomic mass is 10.2. The summed E-state index contributed by atoms with van der Waals surface area (Å²) in [7, 11) is 1.44. The summed E-state index contributed by atoms with van der Waals surface area (Å²) in [5.74, 6) is 0.0461. The van der Waals surface area contributed by atoms with E-state index in [-0.39, 0.29) is 29.6 Å². The van der Waals surface area contributed by atoms with E-state index in [2.05, 4.69) is 15.8 Å². The number of nitrogens with zero attached hydrogens (tertiary/aromatic N) is 1. The highest BCUT2D eigenvalue weighted by Crippen LogP contribution is 2.37. The van der Waals surface area contributed by atoms with E-state index in [1.165, 1.54) is 25.5 Å². The van der Waals surface area contributed by atoms with Gasteiger partial charge >= 0.3 is 6.18 Å². The first kappa shape index (κ1) is 27.4. The average molecular weight is 561 g/mol. The third-order valence-electron chi connectivity index (χ3n) is 4.68.